The summed E-state index contributed by atoms with van der Waals surface area (Å²) in [6.45, 7) is 0.987. The molecule has 0 bridgehead atoms. The summed E-state index contributed by atoms with van der Waals surface area (Å²) in [5, 5.41) is 10.8. The van der Waals surface area contributed by atoms with Gasteiger partial charge in [0.2, 0.25) is 15.9 Å². The van der Waals surface area contributed by atoms with Gasteiger partial charge in [0.05, 0.1) is 11.8 Å². The smallest absolute Gasteiger partial charge is 0.237 e. The van der Waals surface area contributed by atoms with E-state index in [4.69, 9.17) is 5.14 Å². The van der Waals surface area contributed by atoms with E-state index in [9.17, 15) is 13.2 Å². The number of fused-ring (bicyclic) bond motifs is 1. The van der Waals surface area contributed by atoms with Gasteiger partial charge in [0, 0.05) is 13.1 Å². The Morgan fingerprint density at radius 3 is 2.75 bits per heavy atom. The molecule has 1 aromatic carbocycles. The van der Waals surface area contributed by atoms with Crippen molar-refractivity contribution in [3.05, 3.63) is 35.4 Å². The van der Waals surface area contributed by atoms with Crippen LogP contribution in [-0.4, -0.2) is 32.7 Å². The standard InChI is InChI=1S/C13H19N3O3S/c14-20(18,19)7-3-6-15-13(17)12-8-10-4-1-2-5-11(10)9-16-12/h1-2,4-5,12,16H,3,6-9H2,(H,15,17)(H2,14,18,19). The van der Waals surface area contributed by atoms with E-state index in [2.05, 4.69) is 10.6 Å². The van der Waals surface area contributed by atoms with Gasteiger partial charge in [-0.1, -0.05) is 24.3 Å². The van der Waals surface area contributed by atoms with Gasteiger partial charge in [-0.15, -0.1) is 0 Å². The van der Waals surface area contributed by atoms with E-state index in [0.29, 0.717) is 25.9 Å². The summed E-state index contributed by atoms with van der Waals surface area (Å²) in [6, 6.07) is 7.75. The van der Waals surface area contributed by atoms with E-state index >= 15 is 0 Å². The Bertz CT molecular complexity index is 586. The molecule has 20 heavy (non-hydrogen) atoms. The summed E-state index contributed by atoms with van der Waals surface area (Å²) in [5.74, 6) is -0.220. The summed E-state index contributed by atoms with van der Waals surface area (Å²) >= 11 is 0. The zero-order chi connectivity index (χ0) is 14.6. The first-order valence-corrected chi connectivity index (χ1v) is 8.25. The number of carbonyl (C=O) groups is 1. The number of primary sulfonamides is 1. The van der Waals surface area contributed by atoms with Gasteiger partial charge in [-0.3, -0.25) is 4.79 Å². The number of hydrogen-bond donors (Lipinski definition) is 3. The number of sulfonamides is 1. The van der Waals surface area contributed by atoms with Crippen molar-refractivity contribution in [3.8, 4) is 0 Å². The highest BCUT2D eigenvalue weighted by molar-refractivity contribution is 7.89. The summed E-state index contributed by atoms with van der Waals surface area (Å²) < 4.78 is 21.5. The molecule has 2 rings (SSSR count). The molecule has 110 valence electrons. The van der Waals surface area contributed by atoms with Crippen LogP contribution < -0.4 is 15.8 Å². The van der Waals surface area contributed by atoms with Gasteiger partial charge in [0.1, 0.15) is 0 Å². The lowest BCUT2D eigenvalue weighted by atomic mass is 9.95. The predicted molar refractivity (Wildman–Crippen MR) is 76.4 cm³/mol. The quantitative estimate of drug-likeness (QED) is 0.637. The minimum atomic E-state index is -3.45. The first-order chi connectivity index (χ1) is 9.46. The summed E-state index contributed by atoms with van der Waals surface area (Å²) in [5.41, 5.74) is 2.39. The predicted octanol–water partition coefficient (Wildman–Crippen LogP) is -0.504. The molecule has 0 radical (unpaired) electrons. The van der Waals surface area contributed by atoms with E-state index in [1.165, 1.54) is 11.1 Å². The van der Waals surface area contributed by atoms with Crippen LogP contribution in [0.15, 0.2) is 24.3 Å². The van der Waals surface area contributed by atoms with Crippen LogP contribution in [-0.2, 0) is 27.8 Å². The van der Waals surface area contributed by atoms with Crippen LogP contribution in [0.2, 0.25) is 0 Å². The Hall–Kier alpha value is -1.44. The molecule has 0 aliphatic carbocycles. The van der Waals surface area contributed by atoms with Gasteiger partial charge in [-0.2, -0.15) is 0 Å². The number of benzene rings is 1. The van der Waals surface area contributed by atoms with Crippen molar-refractivity contribution in [2.75, 3.05) is 12.3 Å². The number of carbonyl (C=O) groups excluding carboxylic acids is 1. The van der Waals surface area contributed by atoms with E-state index < -0.39 is 10.0 Å². The van der Waals surface area contributed by atoms with E-state index in [0.717, 1.165) is 0 Å². The molecule has 6 nitrogen and oxygen atoms in total. The van der Waals surface area contributed by atoms with Crippen molar-refractivity contribution in [1.82, 2.24) is 10.6 Å². The second kappa shape index (κ2) is 6.34. The minimum absolute atomic E-state index is 0.103. The van der Waals surface area contributed by atoms with Crippen molar-refractivity contribution in [2.24, 2.45) is 5.14 Å². The summed E-state index contributed by atoms with van der Waals surface area (Å²) in [4.78, 5) is 12.0. The Kier molecular flexibility index (Phi) is 4.74. The minimum Gasteiger partial charge on any atom is -0.355 e. The van der Waals surface area contributed by atoms with Crippen molar-refractivity contribution in [1.29, 1.82) is 0 Å². The second-order valence-electron chi connectivity index (χ2n) is 4.92. The first-order valence-electron chi connectivity index (χ1n) is 6.54. The SMILES string of the molecule is NS(=O)(=O)CCCNC(=O)C1Cc2ccccc2CN1. The third kappa shape index (κ3) is 4.29. The number of amides is 1. The molecular weight excluding hydrogens is 278 g/mol. The number of nitrogens with one attached hydrogen (secondary N) is 2. The molecule has 4 N–H and O–H groups in total. The molecule has 0 aromatic heterocycles. The van der Waals surface area contributed by atoms with Crippen LogP contribution in [0.4, 0.5) is 0 Å². The van der Waals surface area contributed by atoms with Gasteiger partial charge in [-0.05, 0) is 24.0 Å². The Balaban J connectivity index is 1.80. The fraction of sp³-hybridized carbons (Fsp3) is 0.462. The van der Waals surface area contributed by atoms with Crippen LogP contribution in [0, 0.1) is 0 Å². The average molecular weight is 297 g/mol. The maximum absolute atomic E-state index is 12.0. The Morgan fingerprint density at radius 2 is 2.05 bits per heavy atom. The van der Waals surface area contributed by atoms with Crippen LogP contribution in [0.25, 0.3) is 0 Å². The van der Waals surface area contributed by atoms with E-state index in [1.54, 1.807) is 0 Å². The highest BCUT2D eigenvalue weighted by Gasteiger charge is 2.23. The maximum Gasteiger partial charge on any atom is 0.237 e. The average Bonchev–Trinajstić information content (AvgIpc) is 2.42. The lowest BCUT2D eigenvalue weighted by Gasteiger charge is -2.25. The fourth-order valence-electron chi connectivity index (χ4n) is 2.25. The number of rotatable bonds is 5. The normalized spacial score (nSPS) is 18.4. The van der Waals surface area contributed by atoms with E-state index in [-0.39, 0.29) is 17.7 Å². The van der Waals surface area contributed by atoms with Crippen molar-refractivity contribution in [2.45, 2.75) is 25.4 Å². The molecule has 0 spiro atoms. The largest absolute Gasteiger partial charge is 0.355 e. The van der Waals surface area contributed by atoms with Gasteiger partial charge < -0.3 is 10.6 Å². The Morgan fingerprint density at radius 1 is 1.35 bits per heavy atom. The monoisotopic (exact) mass is 297 g/mol. The molecule has 1 atom stereocenters. The lowest BCUT2D eigenvalue weighted by Crippen LogP contribution is -2.48. The van der Waals surface area contributed by atoms with Crippen molar-refractivity contribution < 1.29 is 13.2 Å². The second-order valence-corrected chi connectivity index (χ2v) is 6.65. The first kappa shape index (κ1) is 15.0. The van der Waals surface area contributed by atoms with Gasteiger partial charge in [0.15, 0.2) is 0 Å². The summed E-state index contributed by atoms with van der Waals surface area (Å²) in [7, 11) is -3.45. The van der Waals surface area contributed by atoms with E-state index in [1.807, 2.05) is 24.3 Å². The summed E-state index contributed by atoms with van der Waals surface area (Å²) in [6.07, 6.45) is 0.977. The zero-order valence-corrected chi connectivity index (χ0v) is 11.9. The van der Waals surface area contributed by atoms with Crippen LogP contribution in [0.3, 0.4) is 0 Å². The van der Waals surface area contributed by atoms with Crippen LogP contribution in [0.5, 0.6) is 0 Å². The van der Waals surface area contributed by atoms with Crippen LogP contribution in [0.1, 0.15) is 17.5 Å². The molecule has 1 amide bonds. The molecule has 1 heterocycles. The molecule has 0 fully saturated rings. The van der Waals surface area contributed by atoms with Gasteiger partial charge in [-0.25, -0.2) is 13.6 Å². The molecule has 1 aliphatic rings. The Labute approximate surface area is 118 Å². The third-order valence-corrected chi connectivity index (χ3v) is 4.16. The third-order valence-electron chi connectivity index (χ3n) is 3.30. The molecule has 1 unspecified atom stereocenters. The van der Waals surface area contributed by atoms with Crippen molar-refractivity contribution in [3.63, 3.8) is 0 Å². The highest BCUT2D eigenvalue weighted by atomic mass is 32.2. The zero-order valence-electron chi connectivity index (χ0n) is 11.1. The molecule has 1 aromatic rings. The van der Waals surface area contributed by atoms with Gasteiger partial charge in [0.25, 0.3) is 0 Å². The van der Waals surface area contributed by atoms with Gasteiger partial charge >= 0.3 is 0 Å². The highest BCUT2D eigenvalue weighted by Crippen LogP contribution is 2.16. The maximum atomic E-state index is 12.0. The van der Waals surface area contributed by atoms with Crippen LogP contribution >= 0.6 is 0 Å². The number of hydrogen-bond acceptors (Lipinski definition) is 4. The molecular formula is C13H19N3O3S. The molecule has 0 saturated carbocycles. The molecule has 1 aliphatic heterocycles. The molecule has 7 heteroatoms. The van der Waals surface area contributed by atoms with Crippen molar-refractivity contribution >= 4 is 15.9 Å². The lowest BCUT2D eigenvalue weighted by molar-refractivity contribution is -0.123. The topological polar surface area (TPSA) is 101 Å². The molecule has 0 saturated heterocycles. The fourth-order valence-corrected chi connectivity index (χ4v) is 2.79. The number of nitrogens with two attached hydrogens (primary N) is 1.